The Morgan fingerprint density at radius 3 is 2.61 bits per heavy atom. The van der Waals surface area contributed by atoms with E-state index < -0.39 is 0 Å². The zero-order valence-corrected chi connectivity index (χ0v) is 11.1. The first-order valence-electron chi connectivity index (χ1n) is 6.63. The van der Waals surface area contributed by atoms with Crippen molar-refractivity contribution >= 4 is 5.91 Å². The minimum absolute atomic E-state index is 0.0191. The lowest BCUT2D eigenvalue weighted by Crippen LogP contribution is -2.36. The van der Waals surface area contributed by atoms with E-state index in [1.54, 1.807) is 0 Å². The summed E-state index contributed by atoms with van der Waals surface area (Å²) < 4.78 is 5.55. The Morgan fingerprint density at radius 2 is 2.00 bits per heavy atom. The van der Waals surface area contributed by atoms with E-state index in [9.17, 15) is 4.79 Å². The molecule has 0 aliphatic heterocycles. The first-order valence-corrected chi connectivity index (χ1v) is 6.63. The number of carbonyl (C=O) groups is 1. The molecule has 0 heterocycles. The van der Waals surface area contributed by atoms with Gasteiger partial charge >= 0.3 is 0 Å². The van der Waals surface area contributed by atoms with Crippen LogP contribution in [0.5, 0.6) is 0 Å². The third-order valence-corrected chi connectivity index (χ3v) is 3.31. The third-order valence-electron chi connectivity index (χ3n) is 3.31. The zero-order chi connectivity index (χ0) is 13.0. The van der Waals surface area contributed by atoms with E-state index in [1.807, 2.05) is 44.2 Å². The van der Waals surface area contributed by atoms with E-state index in [-0.39, 0.29) is 18.1 Å². The zero-order valence-electron chi connectivity index (χ0n) is 11.1. The standard InChI is InChI=1S/C15H21NO2/c1-11(14-6-4-3-5-7-14)16-15(17)12(2)18-10-13-8-9-13/h3-7,11-13H,8-10H2,1-2H3,(H,16,17). The summed E-state index contributed by atoms with van der Waals surface area (Å²) >= 11 is 0. The van der Waals surface area contributed by atoms with Crippen molar-refractivity contribution in [1.29, 1.82) is 0 Å². The van der Waals surface area contributed by atoms with Crippen molar-refractivity contribution < 1.29 is 9.53 Å². The van der Waals surface area contributed by atoms with Crippen LogP contribution in [0.1, 0.15) is 38.3 Å². The number of hydrogen-bond acceptors (Lipinski definition) is 2. The highest BCUT2D eigenvalue weighted by Crippen LogP contribution is 2.29. The second kappa shape index (κ2) is 6.01. The maximum absolute atomic E-state index is 11.9. The molecule has 1 fully saturated rings. The van der Waals surface area contributed by atoms with Crippen molar-refractivity contribution in [3.63, 3.8) is 0 Å². The van der Waals surface area contributed by atoms with Crippen LogP contribution >= 0.6 is 0 Å². The Morgan fingerprint density at radius 1 is 1.33 bits per heavy atom. The van der Waals surface area contributed by atoms with Gasteiger partial charge in [0, 0.05) is 0 Å². The van der Waals surface area contributed by atoms with Gasteiger partial charge < -0.3 is 10.1 Å². The molecule has 1 aromatic rings. The smallest absolute Gasteiger partial charge is 0.249 e. The fraction of sp³-hybridized carbons (Fsp3) is 0.533. The molecule has 0 radical (unpaired) electrons. The highest BCUT2D eigenvalue weighted by molar-refractivity contribution is 5.80. The Kier molecular flexibility index (Phi) is 4.37. The minimum Gasteiger partial charge on any atom is -0.368 e. The van der Waals surface area contributed by atoms with Crippen LogP contribution in [0.2, 0.25) is 0 Å². The molecular formula is C15H21NO2. The third kappa shape index (κ3) is 3.84. The summed E-state index contributed by atoms with van der Waals surface area (Å²) in [7, 11) is 0. The molecule has 2 rings (SSSR count). The Bertz CT molecular complexity index is 387. The van der Waals surface area contributed by atoms with Gasteiger partial charge in [-0.15, -0.1) is 0 Å². The summed E-state index contributed by atoms with van der Waals surface area (Å²) in [5.74, 6) is 0.652. The summed E-state index contributed by atoms with van der Waals surface area (Å²) in [6.07, 6.45) is 2.13. The number of ether oxygens (including phenoxy) is 1. The van der Waals surface area contributed by atoms with Gasteiger partial charge in [-0.05, 0) is 38.2 Å². The number of amides is 1. The highest BCUT2D eigenvalue weighted by atomic mass is 16.5. The molecule has 1 amide bonds. The van der Waals surface area contributed by atoms with Gasteiger partial charge in [0.25, 0.3) is 0 Å². The quantitative estimate of drug-likeness (QED) is 0.839. The average Bonchev–Trinajstić information content (AvgIpc) is 3.21. The van der Waals surface area contributed by atoms with Gasteiger partial charge in [0.05, 0.1) is 12.6 Å². The summed E-state index contributed by atoms with van der Waals surface area (Å²) in [5.41, 5.74) is 1.11. The number of rotatable bonds is 6. The van der Waals surface area contributed by atoms with E-state index in [2.05, 4.69) is 5.32 Å². The van der Waals surface area contributed by atoms with Crippen LogP contribution in [-0.4, -0.2) is 18.6 Å². The predicted octanol–water partition coefficient (Wildman–Crippen LogP) is 2.68. The molecule has 1 aromatic carbocycles. The molecule has 2 atom stereocenters. The fourth-order valence-corrected chi connectivity index (χ4v) is 1.80. The summed E-state index contributed by atoms with van der Waals surface area (Å²) in [5, 5.41) is 2.98. The van der Waals surface area contributed by atoms with Crippen LogP contribution in [0.3, 0.4) is 0 Å². The largest absolute Gasteiger partial charge is 0.368 e. The van der Waals surface area contributed by atoms with Crippen molar-refractivity contribution in [3.05, 3.63) is 35.9 Å². The summed E-state index contributed by atoms with van der Waals surface area (Å²) in [6.45, 7) is 4.52. The molecule has 98 valence electrons. The number of carbonyl (C=O) groups excluding carboxylic acids is 1. The van der Waals surface area contributed by atoms with E-state index in [1.165, 1.54) is 12.8 Å². The maximum atomic E-state index is 11.9. The highest BCUT2D eigenvalue weighted by Gasteiger charge is 2.24. The molecule has 0 saturated heterocycles. The monoisotopic (exact) mass is 247 g/mol. The lowest BCUT2D eigenvalue weighted by atomic mass is 10.1. The van der Waals surface area contributed by atoms with Gasteiger partial charge in [-0.3, -0.25) is 4.79 Å². The van der Waals surface area contributed by atoms with Crippen molar-refractivity contribution in [2.75, 3.05) is 6.61 Å². The average molecular weight is 247 g/mol. The predicted molar refractivity (Wildman–Crippen MR) is 71.1 cm³/mol. The van der Waals surface area contributed by atoms with Crippen LogP contribution in [0.25, 0.3) is 0 Å². The number of nitrogens with one attached hydrogen (secondary N) is 1. The van der Waals surface area contributed by atoms with E-state index >= 15 is 0 Å². The second-order valence-electron chi connectivity index (χ2n) is 5.06. The van der Waals surface area contributed by atoms with Gasteiger partial charge in [0.1, 0.15) is 6.10 Å². The topological polar surface area (TPSA) is 38.3 Å². The summed E-state index contributed by atoms with van der Waals surface area (Å²) in [6, 6.07) is 9.97. The van der Waals surface area contributed by atoms with Crippen molar-refractivity contribution in [3.8, 4) is 0 Å². The van der Waals surface area contributed by atoms with Crippen LogP contribution in [0.4, 0.5) is 0 Å². The molecule has 0 bridgehead atoms. The Balaban J connectivity index is 1.78. The van der Waals surface area contributed by atoms with Gasteiger partial charge in [0.2, 0.25) is 5.91 Å². The molecular weight excluding hydrogens is 226 g/mol. The fourth-order valence-electron chi connectivity index (χ4n) is 1.80. The molecule has 3 heteroatoms. The van der Waals surface area contributed by atoms with Gasteiger partial charge in [0.15, 0.2) is 0 Å². The van der Waals surface area contributed by atoms with Crippen molar-refractivity contribution in [2.24, 2.45) is 5.92 Å². The summed E-state index contributed by atoms with van der Waals surface area (Å²) in [4.78, 5) is 11.9. The molecule has 1 N–H and O–H groups in total. The SMILES string of the molecule is CC(OCC1CC1)C(=O)NC(C)c1ccccc1. The molecule has 2 unspecified atom stereocenters. The van der Waals surface area contributed by atoms with Crippen LogP contribution < -0.4 is 5.32 Å². The van der Waals surface area contributed by atoms with Crippen molar-refractivity contribution in [1.82, 2.24) is 5.32 Å². The lowest BCUT2D eigenvalue weighted by Gasteiger charge is -2.18. The molecule has 0 aromatic heterocycles. The first kappa shape index (κ1) is 13.1. The van der Waals surface area contributed by atoms with Crippen LogP contribution in [-0.2, 0) is 9.53 Å². The molecule has 3 nitrogen and oxygen atoms in total. The number of benzene rings is 1. The normalized spacial score (nSPS) is 18.1. The van der Waals surface area contributed by atoms with Crippen LogP contribution in [0, 0.1) is 5.92 Å². The molecule has 1 aliphatic carbocycles. The molecule has 18 heavy (non-hydrogen) atoms. The molecule has 0 spiro atoms. The second-order valence-corrected chi connectivity index (χ2v) is 5.06. The van der Waals surface area contributed by atoms with E-state index in [4.69, 9.17) is 4.74 Å². The van der Waals surface area contributed by atoms with E-state index in [0.29, 0.717) is 12.5 Å². The Labute approximate surface area is 109 Å². The lowest BCUT2D eigenvalue weighted by molar-refractivity contribution is -0.132. The Hall–Kier alpha value is -1.35. The van der Waals surface area contributed by atoms with Gasteiger partial charge in [-0.1, -0.05) is 30.3 Å². The first-order chi connectivity index (χ1) is 8.66. The molecule has 1 aliphatic rings. The van der Waals surface area contributed by atoms with Gasteiger partial charge in [-0.25, -0.2) is 0 Å². The van der Waals surface area contributed by atoms with Gasteiger partial charge in [-0.2, -0.15) is 0 Å². The van der Waals surface area contributed by atoms with Crippen molar-refractivity contribution in [2.45, 2.75) is 38.8 Å². The minimum atomic E-state index is -0.364. The molecule has 1 saturated carbocycles. The number of hydrogen-bond donors (Lipinski definition) is 1. The van der Waals surface area contributed by atoms with Crippen LogP contribution in [0.15, 0.2) is 30.3 Å². The van der Waals surface area contributed by atoms with E-state index in [0.717, 1.165) is 5.56 Å². The maximum Gasteiger partial charge on any atom is 0.249 e.